The molecule has 1 aromatic rings. The molecule has 0 aliphatic carbocycles. The highest BCUT2D eigenvalue weighted by molar-refractivity contribution is 5.70. The van der Waals surface area contributed by atoms with Crippen LogP contribution in [0.1, 0.15) is 23.7 Å². The van der Waals surface area contributed by atoms with Gasteiger partial charge in [0.1, 0.15) is 5.75 Å². The van der Waals surface area contributed by atoms with E-state index in [-0.39, 0.29) is 6.42 Å². The Morgan fingerprint density at radius 2 is 2.12 bits per heavy atom. The van der Waals surface area contributed by atoms with Crippen molar-refractivity contribution < 1.29 is 19.4 Å². The minimum Gasteiger partial charge on any atom is -0.496 e. The first-order chi connectivity index (χ1) is 7.60. The third-order valence-corrected chi connectivity index (χ3v) is 2.49. The molecule has 0 fully saturated rings. The number of rotatable bonds is 4. The number of carbonyl (C=O) groups is 1. The Kier molecular flexibility index (Phi) is 4.31. The SMILES string of the molecule is COC(=O)C[C@@H](O)c1cccc(OC)c1C. The molecule has 0 aromatic heterocycles. The van der Waals surface area contributed by atoms with Gasteiger partial charge in [0.05, 0.1) is 26.7 Å². The summed E-state index contributed by atoms with van der Waals surface area (Å²) in [5, 5.41) is 9.87. The van der Waals surface area contributed by atoms with Gasteiger partial charge in [-0.2, -0.15) is 0 Å². The largest absolute Gasteiger partial charge is 0.496 e. The maximum Gasteiger partial charge on any atom is 0.308 e. The maximum atomic E-state index is 11.0. The lowest BCUT2D eigenvalue weighted by atomic mass is 10.0. The van der Waals surface area contributed by atoms with E-state index in [1.54, 1.807) is 19.2 Å². The summed E-state index contributed by atoms with van der Waals surface area (Å²) >= 11 is 0. The van der Waals surface area contributed by atoms with Crippen LogP contribution in [0.3, 0.4) is 0 Å². The zero-order chi connectivity index (χ0) is 12.1. The summed E-state index contributed by atoms with van der Waals surface area (Å²) in [6.45, 7) is 1.84. The van der Waals surface area contributed by atoms with Crippen LogP contribution in [0, 0.1) is 6.92 Å². The highest BCUT2D eigenvalue weighted by Gasteiger charge is 2.16. The van der Waals surface area contributed by atoms with Gasteiger partial charge in [-0.05, 0) is 24.1 Å². The van der Waals surface area contributed by atoms with Gasteiger partial charge in [0.15, 0.2) is 0 Å². The van der Waals surface area contributed by atoms with Crippen molar-refractivity contribution in [3.05, 3.63) is 29.3 Å². The predicted octanol–water partition coefficient (Wildman–Crippen LogP) is 1.60. The second kappa shape index (κ2) is 5.51. The van der Waals surface area contributed by atoms with Gasteiger partial charge in [-0.15, -0.1) is 0 Å². The van der Waals surface area contributed by atoms with E-state index in [0.717, 1.165) is 5.56 Å². The summed E-state index contributed by atoms with van der Waals surface area (Å²) < 4.78 is 9.65. The summed E-state index contributed by atoms with van der Waals surface area (Å²) in [7, 11) is 2.87. The molecular formula is C12H16O4. The molecule has 0 saturated heterocycles. The Labute approximate surface area is 94.8 Å². The fourth-order valence-electron chi connectivity index (χ4n) is 1.56. The normalized spacial score (nSPS) is 12.0. The highest BCUT2D eigenvalue weighted by atomic mass is 16.5. The number of aliphatic hydroxyl groups excluding tert-OH is 1. The minimum absolute atomic E-state index is 0.0511. The first kappa shape index (κ1) is 12.5. The summed E-state index contributed by atoms with van der Waals surface area (Å²) in [5.74, 6) is 0.260. The Bertz CT molecular complexity index is 373. The van der Waals surface area contributed by atoms with Crippen LogP contribution in [0.2, 0.25) is 0 Å². The van der Waals surface area contributed by atoms with Crippen molar-refractivity contribution in [3.63, 3.8) is 0 Å². The molecule has 1 rings (SSSR count). The quantitative estimate of drug-likeness (QED) is 0.789. The number of hydrogen-bond acceptors (Lipinski definition) is 4. The average molecular weight is 224 g/mol. The van der Waals surface area contributed by atoms with Gasteiger partial charge in [-0.25, -0.2) is 0 Å². The van der Waals surface area contributed by atoms with Crippen LogP contribution in [0.25, 0.3) is 0 Å². The molecule has 0 radical (unpaired) electrons. The average Bonchev–Trinajstić information content (AvgIpc) is 2.29. The van der Waals surface area contributed by atoms with Crippen molar-refractivity contribution in [2.24, 2.45) is 0 Å². The number of ether oxygens (including phenoxy) is 2. The van der Waals surface area contributed by atoms with Crippen molar-refractivity contribution in [1.29, 1.82) is 0 Å². The van der Waals surface area contributed by atoms with Crippen LogP contribution in [-0.4, -0.2) is 25.3 Å². The van der Waals surface area contributed by atoms with Crippen LogP contribution in [0.4, 0.5) is 0 Å². The zero-order valence-electron chi connectivity index (χ0n) is 9.69. The van der Waals surface area contributed by atoms with E-state index in [0.29, 0.717) is 11.3 Å². The molecule has 0 heterocycles. The van der Waals surface area contributed by atoms with Crippen molar-refractivity contribution in [2.75, 3.05) is 14.2 Å². The monoisotopic (exact) mass is 224 g/mol. The lowest BCUT2D eigenvalue weighted by Gasteiger charge is -2.14. The molecular weight excluding hydrogens is 208 g/mol. The molecule has 0 aliphatic rings. The fourth-order valence-corrected chi connectivity index (χ4v) is 1.56. The molecule has 4 heteroatoms. The van der Waals surface area contributed by atoms with Crippen LogP contribution < -0.4 is 4.74 Å². The van der Waals surface area contributed by atoms with E-state index in [4.69, 9.17) is 4.74 Å². The second-order valence-electron chi connectivity index (χ2n) is 3.47. The third kappa shape index (κ3) is 2.73. The maximum absolute atomic E-state index is 11.0. The molecule has 0 bridgehead atoms. The Hall–Kier alpha value is -1.55. The fraction of sp³-hybridized carbons (Fsp3) is 0.417. The number of benzene rings is 1. The van der Waals surface area contributed by atoms with Crippen molar-refractivity contribution in [2.45, 2.75) is 19.4 Å². The summed E-state index contributed by atoms with van der Waals surface area (Å²) in [4.78, 5) is 11.0. The van der Waals surface area contributed by atoms with Gasteiger partial charge in [-0.1, -0.05) is 12.1 Å². The molecule has 88 valence electrons. The predicted molar refractivity (Wildman–Crippen MR) is 59.3 cm³/mol. The molecule has 16 heavy (non-hydrogen) atoms. The number of esters is 1. The van der Waals surface area contributed by atoms with Gasteiger partial charge >= 0.3 is 5.97 Å². The molecule has 1 N–H and O–H groups in total. The van der Waals surface area contributed by atoms with Gasteiger partial charge in [0.25, 0.3) is 0 Å². The van der Waals surface area contributed by atoms with Gasteiger partial charge in [0.2, 0.25) is 0 Å². The van der Waals surface area contributed by atoms with Crippen molar-refractivity contribution in [3.8, 4) is 5.75 Å². The van der Waals surface area contributed by atoms with E-state index in [1.165, 1.54) is 7.11 Å². The van der Waals surface area contributed by atoms with Crippen molar-refractivity contribution >= 4 is 5.97 Å². The molecule has 0 saturated carbocycles. The lowest BCUT2D eigenvalue weighted by Crippen LogP contribution is -2.09. The van der Waals surface area contributed by atoms with Gasteiger partial charge in [0, 0.05) is 0 Å². The van der Waals surface area contributed by atoms with Crippen LogP contribution in [-0.2, 0) is 9.53 Å². The van der Waals surface area contributed by atoms with Crippen LogP contribution >= 0.6 is 0 Å². The molecule has 0 aliphatic heterocycles. The van der Waals surface area contributed by atoms with Crippen LogP contribution in [0.15, 0.2) is 18.2 Å². The number of hydrogen-bond donors (Lipinski definition) is 1. The summed E-state index contributed by atoms with van der Waals surface area (Å²) in [5.41, 5.74) is 1.52. The molecule has 1 aromatic carbocycles. The van der Waals surface area contributed by atoms with E-state index < -0.39 is 12.1 Å². The molecule has 0 unspecified atom stereocenters. The minimum atomic E-state index is -0.859. The third-order valence-electron chi connectivity index (χ3n) is 2.49. The van der Waals surface area contributed by atoms with E-state index in [1.807, 2.05) is 13.0 Å². The molecule has 0 amide bonds. The number of methoxy groups -OCH3 is 2. The molecule has 1 atom stereocenters. The van der Waals surface area contributed by atoms with Crippen molar-refractivity contribution in [1.82, 2.24) is 0 Å². The standard InChI is InChI=1S/C12H16O4/c1-8-9(5-4-6-11(8)15-2)10(13)7-12(14)16-3/h4-6,10,13H,7H2,1-3H3/t10-/m1/s1. The summed E-state index contributed by atoms with van der Waals surface area (Å²) in [6, 6.07) is 5.36. The highest BCUT2D eigenvalue weighted by Crippen LogP contribution is 2.27. The Balaban J connectivity index is 2.91. The lowest BCUT2D eigenvalue weighted by molar-refractivity contribution is -0.142. The Morgan fingerprint density at radius 1 is 1.44 bits per heavy atom. The number of carbonyl (C=O) groups excluding carboxylic acids is 1. The molecule has 0 spiro atoms. The second-order valence-corrected chi connectivity index (χ2v) is 3.47. The van der Waals surface area contributed by atoms with E-state index >= 15 is 0 Å². The first-order valence-electron chi connectivity index (χ1n) is 4.98. The zero-order valence-corrected chi connectivity index (χ0v) is 9.69. The topological polar surface area (TPSA) is 55.8 Å². The van der Waals surface area contributed by atoms with Crippen LogP contribution in [0.5, 0.6) is 5.75 Å². The smallest absolute Gasteiger partial charge is 0.308 e. The first-order valence-corrected chi connectivity index (χ1v) is 4.98. The Morgan fingerprint density at radius 3 is 2.69 bits per heavy atom. The summed E-state index contributed by atoms with van der Waals surface area (Å²) in [6.07, 6.45) is -0.910. The molecule has 4 nitrogen and oxygen atoms in total. The van der Waals surface area contributed by atoms with Gasteiger partial charge in [-0.3, -0.25) is 4.79 Å². The van der Waals surface area contributed by atoms with Gasteiger partial charge < -0.3 is 14.6 Å². The van der Waals surface area contributed by atoms with E-state index in [2.05, 4.69) is 4.74 Å². The number of aliphatic hydroxyl groups is 1. The van der Waals surface area contributed by atoms with E-state index in [9.17, 15) is 9.90 Å².